The van der Waals surface area contributed by atoms with Crippen molar-refractivity contribution in [1.82, 2.24) is 4.98 Å². The summed E-state index contributed by atoms with van der Waals surface area (Å²) in [4.78, 5) is 5.53. The van der Waals surface area contributed by atoms with Gasteiger partial charge >= 0.3 is 0 Å². The van der Waals surface area contributed by atoms with Crippen molar-refractivity contribution in [3.8, 4) is 0 Å². The van der Waals surface area contributed by atoms with Gasteiger partial charge in [-0.1, -0.05) is 37.3 Å². The van der Waals surface area contributed by atoms with E-state index in [1.807, 2.05) is 12.3 Å². The van der Waals surface area contributed by atoms with Crippen LogP contribution in [0.3, 0.4) is 0 Å². The van der Waals surface area contributed by atoms with E-state index >= 15 is 0 Å². The molecule has 1 aromatic heterocycles. The van der Waals surface area contributed by atoms with E-state index in [-0.39, 0.29) is 0 Å². The zero-order valence-corrected chi connectivity index (χ0v) is 10.4. The smallest absolute Gasteiger partial charge is 0.182 e. The topological polar surface area (TPSA) is 24.9 Å². The molecule has 2 nitrogen and oxygen atoms in total. The largest absolute Gasteiger partial charge is 0.361 e. The van der Waals surface area contributed by atoms with Crippen molar-refractivity contribution in [2.45, 2.75) is 19.8 Å². The molecule has 0 amide bonds. The second kappa shape index (κ2) is 5.12. The Bertz CT molecular complexity index is 436. The van der Waals surface area contributed by atoms with Gasteiger partial charge < -0.3 is 5.32 Å². The fraction of sp³-hybridized carbons (Fsp3) is 0.308. The van der Waals surface area contributed by atoms with E-state index in [4.69, 9.17) is 0 Å². The summed E-state index contributed by atoms with van der Waals surface area (Å²) in [5.74, 6) is 0.505. The van der Waals surface area contributed by atoms with Crippen molar-refractivity contribution in [3.63, 3.8) is 0 Å². The van der Waals surface area contributed by atoms with Gasteiger partial charge in [0, 0.05) is 17.6 Å². The van der Waals surface area contributed by atoms with Gasteiger partial charge in [-0.2, -0.15) is 0 Å². The zero-order valence-electron chi connectivity index (χ0n) is 9.60. The predicted octanol–water partition coefficient (Wildman–Crippen LogP) is 3.67. The van der Waals surface area contributed by atoms with E-state index in [9.17, 15) is 0 Å². The Morgan fingerprint density at radius 1 is 1.31 bits per heavy atom. The molecule has 2 aromatic rings. The summed E-state index contributed by atoms with van der Waals surface area (Å²) in [5, 5.41) is 4.39. The maximum Gasteiger partial charge on any atom is 0.182 e. The van der Waals surface area contributed by atoms with Crippen LogP contribution in [0.4, 0.5) is 5.13 Å². The first-order valence-corrected chi connectivity index (χ1v) is 6.28. The molecule has 1 heterocycles. The Labute approximate surface area is 100 Å². The molecule has 3 heteroatoms. The lowest BCUT2D eigenvalue weighted by Gasteiger charge is -2.11. The quantitative estimate of drug-likeness (QED) is 0.870. The molecule has 0 saturated heterocycles. The molecule has 0 aliphatic rings. The molecule has 1 aromatic carbocycles. The van der Waals surface area contributed by atoms with Crippen LogP contribution < -0.4 is 5.32 Å². The van der Waals surface area contributed by atoms with Gasteiger partial charge in [0.2, 0.25) is 0 Å². The van der Waals surface area contributed by atoms with E-state index < -0.39 is 0 Å². The molecule has 0 saturated carbocycles. The highest BCUT2D eigenvalue weighted by atomic mass is 32.1. The fourth-order valence-electron chi connectivity index (χ4n) is 1.58. The normalized spacial score (nSPS) is 12.4. The van der Waals surface area contributed by atoms with Gasteiger partial charge in [0.05, 0.1) is 0 Å². The molecule has 0 spiro atoms. The second-order valence-corrected chi connectivity index (χ2v) is 5.20. The third-order valence-corrected chi connectivity index (χ3v) is 3.42. The number of benzene rings is 1. The molecular formula is C13H16N2S. The van der Waals surface area contributed by atoms with Gasteiger partial charge in [-0.05, 0) is 18.4 Å². The lowest BCUT2D eigenvalue weighted by molar-refractivity contribution is 0.804. The highest BCUT2D eigenvalue weighted by molar-refractivity contribution is 7.15. The first-order valence-electron chi connectivity index (χ1n) is 5.47. The van der Waals surface area contributed by atoms with Crippen molar-refractivity contribution >= 4 is 16.5 Å². The number of anilines is 1. The minimum atomic E-state index is 0.505. The molecule has 0 aliphatic carbocycles. The first kappa shape index (κ1) is 11.1. The molecule has 1 atom stereocenters. The Morgan fingerprint density at radius 3 is 2.69 bits per heavy atom. The lowest BCUT2D eigenvalue weighted by atomic mass is 10.0. The van der Waals surface area contributed by atoms with Gasteiger partial charge in [0.1, 0.15) is 0 Å². The minimum absolute atomic E-state index is 0.505. The molecule has 0 aliphatic heterocycles. The number of nitrogens with zero attached hydrogens (tertiary/aromatic N) is 1. The van der Waals surface area contributed by atoms with Crippen LogP contribution in [-0.2, 0) is 0 Å². The lowest BCUT2D eigenvalue weighted by Crippen LogP contribution is -2.09. The number of nitrogens with one attached hydrogen (secondary N) is 1. The average molecular weight is 232 g/mol. The van der Waals surface area contributed by atoms with Gasteiger partial charge in [-0.3, -0.25) is 0 Å². The van der Waals surface area contributed by atoms with E-state index in [0.717, 1.165) is 11.7 Å². The molecule has 1 unspecified atom stereocenters. The minimum Gasteiger partial charge on any atom is -0.361 e. The SMILES string of the molecule is Cc1cnc(NCC(C)c2ccccc2)s1. The van der Waals surface area contributed by atoms with Gasteiger partial charge in [-0.15, -0.1) is 11.3 Å². The first-order chi connectivity index (χ1) is 7.75. The van der Waals surface area contributed by atoms with Crippen molar-refractivity contribution < 1.29 is 0 Å². The number of hydrogen-bond acceptors (Lipinski definition) is 3. The summed E-state index contributed by atoms with van der Waals surface area (Å²) in [6, 6.07) is 10.5. The average Bonchev–Trinajstić information content (AvgIpc) is 2.73. The predicted molar refractivity (Wildman–Crippen MR) is 70.2 cm³/mol. The zero-order chi connectivity index (χ0) is 11.4. The second-order valence-electron chi connectivity index (χ2n) is 3.97. The van der Waals surface area contributed by atoms with Crippen LogP contribution >= 0.6 is 11.3 Å². The summed E-state index contributed by atoms with van der Waals surface area (Å²) in [5.41, 5.74) is 1.36. The van der Waals surface area contributed by atoms with Crippen LogP contribution in [0, 0.1) is 6.92 Å². The highest BCUT2D eigenvalue weighted by Gasteiger charge is 2.05. The van der Waals surface area contributed by atoms with Crippen molar-refractivity contribution in [2.75, 3.05) is 11.9 Å². The van der Waals surface area contributed by atoms with Crippen LogP contribution in [0.2, 0.25) is 0 Å². The number of thiazole rings is 1. The number of aromatic nitrogens is 1. The van der Waals surface area contributed by atoms with Gasteiger partial charge in [0.25, 0.3) is 0 Å². The van der Waals surface area contributed by atoms with Crippen LogP contribution in [0.15, 0.2) is 36.5 Å². The summed E-state index contributed by atoms with van der Waals surface area (Å²) in [6.07, 6.45) is 1.90. The van der Waals surface area contributed by atoms with E-state index in [0.29, 0.717) is 5.92 Å². The highest BCUT2D eigenvalue weighted by Crippen LogP contribution is 2.19. The third kappa shape index (κ3) is 2.83. The fourth-order valence-corrected chi connectivity index (χ4v) is 2.25. The van der Waals surface area contributed by atoms with Crippen molar-refractivity contribution in [2.24, 2.45) is 0 Å². The van der Waals surface area contributed by atoms with Crippen molar-refractivity contribution in [3.05, 3.63) is 47.0 Å². The van der Waals surface area contributed by atoms with Gasteiger partial charge in [-0.25, -0.2) is 4.98 Å². The summed E-state index contributed by atoms with van der Waals surface area (Å²) in [6.45, 7) is 5.23. The summed E-state index contributed by atoms with van der Waals surface area (Å²) in [7, 11) is 0. The maximum absolute atomic E-state index is 4.29. The van der Waals surface area contributed by atoms with E-state index in [2.05, 4.69) is 48.4 Å². The molecule has 0 radical (unpaired) electrons. The third-order valence-electron chi connectivity index (χ3n) is 2.55. The van der Waals surface area contributed by atoms with Crippen LogP contribution in [-0.4, -0.2) is 11.5 Å². The van der Waals surface area contributed by atoms with E-state index in [1.54, 1.807) is 11.3 Å². The molecule has 84 valence electrons. The van der Waals surface area contributed by atoms with E-state index in [1.165, 1.54) is 10.4 Å². The number of aryl methyl sites for hydroxylation is 1. The monoisotopic (exact) mass is 232 g/mol. The number of hydrogen-bond donors (Lipinski definition) is 1. The molecule has 16 heavy (non-hydrogen) atoms. The van der Waals surface area contributed by atoms with Gasteiger partial charge in [0.15, 0.2) is 5.13 Å². The Morgan fingerprint density at radius 2 is 2.06 bits per heavy atom. The molecule has 0 bridgehead atoms. The Kier molecular flexibility index (Phi) is 3.57. The Balaban J connectivity index is 1.91. The van der Waals surface area contributed by atoms with Crippen molar-refractivity contribution in [1.29, 1.82) is 0 Å². The summed E-state index contributed by atoms with van der Waals surface area (Å²) < 4.78 is 0. The molecule has 1 N–H and O–H groups in total. The van der Waals surface area contributed by atoms with Crippen LogP contribution in [0.1, 0.15) is 23.3 Å². The standard InChI is InChI=1S/C13H16N2S/c1-10(12-6-4-3-5-7-12)8-14-13-15-9-11(2)16-13/h3-7,9-10H,8H2,1-2H3,(H,14,15). The van der Waals surface area contributed by atoms with Crippen LogP contribution in [0.5, 0.6) is 0 Å². The molecule has 0 fully saturated rings. The Hall–Kier alpha value is -1.35. The molecular weight excluding hydrogens is 216 g/mol. The van der Waals surface area contributed by atoms with Crippen LogP contribution in [0.25, 0.3) is 0 Å². The molecule has 2 rings (SSSR count). The maximum atomic E-state index is 4.29. The summed E-state index contributed by atoms with van der Waals surface area (Å²) >= 11 is 1.70. The number of rotatable bonds is 4.